The lowest BCUT2D eigenvalue weighted by atomic mass is 10.0. The number of non-ortho nitro benzene ring substituents is 1. The van der Waals surface area contributed by atoms with Gasteiger partial charge in [-0.25, -0.2) is 4.79 Å². The summed E-state index contributed by atoms with van der Waals surface area (Å²) in [4.78, 5) is 33.5. The molecule has 0 radical (unpaired) electrons. The highest BCUT2D eigenvalue weighted by atomic mass is 16.6. The summed E-state index contributed by atoms with van der Waals surface area (Å²) >= 11 is 0. The second-order valence-corrected chi connectivity index (χ2v) is 6.17. The third-order valence-corrected chi connectivity index (χ3v) is 4.04. The number of aliphatic carboxylic acids is 1. The van der Waals surface area contributed by atoms with E-state index in [0.29, 0.717) is 17.7 Å². The lowest BCUT2D eigenvalue weighted by Crippen LogP contribution is -2.39. The predicted octanol–water partition coefficient (Wildman–Crippen LogP) is 3.50. The first-order chi connectivity index (χ1) is 12.8. The van der Waals surface area contributed by atoms with Gasteiger partial charge in [0.25, 0.3) is 5.69 Å². The van der Waals surface area contributed by atoms with Gasteiger partial charge in [0.05, 0.1) is 4.92 Å². The molecule has 0 fully saturated rings. The van der Waals surface area contributed by atoms with Crippen molar-refractivity contribution >= 4 is 23.4 Å². The van der Waals surface area contributed by atoms with Crippen molar-refractivity contribution in [1.82, 2.24) is 5.32 Å². The Morgan fingerprint density at radius 2 is 1.89 bits per heavy atom. The average molecular weight is 371 g/mol. The van der Waals surface area contributed by atoms with E-state index in [1.807, 2.05) is 30.3 Å². The van der Waals surface area contributed by atoms with Gasteiger partial charge in [0.2, 0.25) is 0 Å². The highest BCUT2D eigenvalue weighted by Crippen LogP contribution is 2.21. The highest BCUT2D eigenvalue weighted by molar-refractivity contribution is 5.90. The predicted molar refractivity (Wildman–Crippen MR) is 101 cm³/mol. The van der Waals surface area contributed by atoms with E-state index in [4.69, 9.17) is 5.11 Å². The maximum absolute atomic E-state index is 12.3. The van der Waals surface area contributed by atoms with Crippen LogP contribution in [0.2, 0.25) is 0 Å². The largest absolute Gasteiger partial charge is 0.481 e. The van der Waals surface area contributed by atoms with Crippen molar-refractivity contribution in [3.63, 3.8) is 0 Å². The van der Waals surface area contributed by atoms with Crippen molar-refractivity contribution in [3.8, 4) is 0 Å². The third-order valence-electron chi connectivity index (χ3n) is 4.04. The van der Waals surface area contributed by atoms with E-state index in [-0.39, 0.29) is 24.6 Å². The van der Waals surface area contributed by atoms with Crippen LogP contribution >= 0.6 is 0 Å². The third kappa shape index (κ3) is 6.43. The van der Waals surface area contributed by atoms with Gasteiger partial charge in [0.15, 0.2) is 0 Å². The molecule has 0 aliphatic carbocycles. The van der Waals surface area contributed by atoms with E-state index in [0.717, 1.165) is 5.56 Å². The van der Waals surface area contributed by atoms with Crippen LogP contribution in [0.1, 0.15) is 24.0 Å². The minimum atomic E-state index is -0.929. The number of hydrogen-bond acceptors (Lipinski definition) is 4. The maximum atomic E-state index is 12.3. The van der Waals surface area contributed by atoms with Gasteiger partial charge in [-0.05, 0) is 37.0 Å². The van der Waals surface area contributed by atoms with Crippen molar-refractivity contribution in [2.24, 2.45) is 0 Å². The Morgan fingerprint density at radius 3 is 2.48 bits per heavy atom. The number of nitro groups is 1. The Morgan fingerprint density at radius 1 is 1.19 bits per heavy atom. The molecule has 2 aromatic rings. The Kier molecular flexibility index (Phi) is 6.87. The average Bonchev–Trinajstić information content (AvgIpc) is 2.62. The molecule has 2 aromatic carbocycles. The second-order valence-electron chi connectivity index (χ2n) is 6.17. The summed E-state index contributed by atoms with van der Waals surface area (Å²) in [7, 11) is 0. The van der Waals surface area contributed by atoms with Gasteiger partial charge >= 0.3 is 12.0 Å². The molecule has 0 bridgehead atoms. The summed E-state index contributed by atoms with van der Waals surface area (Å²) in [5, 5.41) is 25.2. The Labute approximate surface area is 156 Å². The zero-order chi connectivity index (χ0) is 19.8. The lowest BCUT2D eigenvalue weighted by molar-refractivity contribution is -0.384. The number of benzene rings is 2. The summed E-state index contributed by atoms with van der Waals surface area (Å²) in [5.74, 6) is -0.929. The van der Waals surface area contributed by atoms with Crippen LogP contribution in [0.15, 0.2) is 48.5 Å². The summed E-state index contributed by atoms with van der Waals surface area (Å²) < 4.78 is 0. The van der Waals surface area contributed by atoms with Crippen LogP contribution in [-0.4, -0.2) is 28.1 Å². The molecule has 8 heteroatoms. The summed E-state index contributed by atoms with van der Waals surface area (Å²) in [5.41, 5.74) is 1.95. The number of carbonyl (C=O) groups excluding carboxylic acids is 1. The van der Waals surface area contributed by atoms with Crippen LogP contribution in [0.25, 0.3) is 0 Å². The lowest BCUT2D eigenvalue weighted by Gasteiger charge is -2.19. The fourth-order valence-corrected chi connectivity index (χ4v) is 2.67. The molecule has 27 heavy (non-hydrogen) atoms. The number of rotatable bonds is 8. The summed E-state index contributed by atoms with van der Waals surface area (Å²) in [6.45, 7) is 1.66. The number of hydrogen-bond donors (Lipinski definition) is 3. The number of nitrogens with one attached hydrogen (secondary N) is 2. The maximum Gasteiger partial charge on any atom is 0.319 e. The first-order valence-corrected chi connectivity index (χ1v) is 8.43. The van der Waals surface area contributed by atoms with E-state index in [1.54, 1.807) is 6.92 Å². The molecule has 0 aliphatic heterocycles. The Hall–Kier alpha value is -3.42. The standard InChI is InChI=1S/C19H21N3O5/c1-13-11-16(22(26)27)8-9-17(13)21-19(25)20-15(7-10-18(23)24)12-14-5-3-2-4-6-14/h2-6,8-9,11,15H,7,10,12H2,1H3,(H,23,24)(H2,20,21,25). The molecule has 3 N–H and O–H groups in total. The smallest absolute Gasteiger partial charge is 0.319 e. The first-order valence-electron chi connectivity index (χ1n) is 8.43. The molecule has 1 atom stereocenters. The number of carboxylic acids is 1. The zero-order valence-corrected chi connectivity index (χ0v) is 14.8. The first kappa shape index (κ1) is 19.9. The SMILES string of the molecule is Cc1cc([N+](=O)[O-])ccc1NC(=O)NC(CCC(=O)O)Cc1ccccc1. The number of carboxylic acid groups (broad SMARTS) is 1. The molecule has 0 saturated carbocycles. The highest BCUT2D eigenvalue weighted by Gasteiger charge is 2.16. The van der Waals surface area contributed by atoms with Crippen LogP contribution in [0.3, 0.4) is 0 Å². The van der Waals surface area contributed by atoms with Gasteiger partial charge < -0.3 is 15.7 Å². The van der Waals surface area contributed by atoms with E-state index < -0.39 is 16.9 Å². The van der Waals surface area contributed by atoms with Crippen LogP contribution in [0.5, 0.6) is 0 Å². The summed E-state index contributed by atoms with van der Waals surface area (Å²) in [6, 6.07) is 12.8. The van der Waals surface area contributed by atoms with E-state index in [1.165, 1.54) is 18.2 Å². The Bertz CT molecular complexity index is 823. The van der Waals surface area contributed by atoms with E-state index in [9.17, 15) is 19.7 Å². The minimum Gasteiger partial charge on any atom is -0.481 e. The Balaban J connectivity index is 2.03. The monoisotopic (exact) mass is 371 g/mol. The molecule has 8 nitrogen and oxygen atoms in total. The molecular weight excluding hydrogens is 350 g/mol. The number of nitro benzene ring substituents is 1. The van der Waals surface area contributed by atoms with Gasteiger partial charge in [-0.15, -0.1) is 0 Å². The zero-order valence-electron chi connectivity index (χ0n) is 14.8. The van der Waals surface area contributed by atoms with Gasteiger partial charge in [-0.2, -0.15) is 0 Å². The molecule has 2 amide bonds. The van der Waals surface area contributed by atoms with Crippen LogP contribution in [0, 0.1) is 17.0 Å². The van der Waals surface area contributed by atoms with Gasteiger partial charge in [-0.3, -0.25) is 14.9 Å². The van der Waals surface area contributed by atoms with E-state index in [2.05, 4.69) is 10.6 Å². The fourth-order valence-electron chi connectivity index (χ4n) is 2.67. The molecule has 0 heterocycles. The number of carbonyl (C=O) groups is 2. The molecule has 0 aliphatic rings. The van der Waals surface area contributed by atoms with Crippen LogP contribution < -0.4 is 10.6 Å². The van der Waals surface area contributed by atoms with Crippen molar-refractivity contribution < 1.29 is 19.6 Å². The molecule has 0 aromatic heterocycles. The number of amides is 2. The quantitative estimate of drug-likeness (QED) is 0.484. The van der Waals surface area contributed by atoms with E-state index >= 15 is 0 Å². The van der Waals surface area contributed by atoms with Gasteiger partial charge in [0, 0.05) is 30.3 Å². The molecule has 1 unspecified atom stereocenters. The van der Waals surface area contributed by atoms with Gasteiger partial charge in [0.1, 0.15) is 0 Å². The van der Waals surface area contributed by atoms with Gasteiger partial charge in [-0.1, -0.05) is 30.3 Å². The number of nitrogens with zero attached hydrogens (tertiary/aromatic N) is 1. The van der Waals surface area contributed by atoms with Crippen molar-refractivity contribution in [1.29, 1.82) is 0 Å². The number of anilines is 1. The van der Waals surface area contributed by atoms with Crippen LogP contribution in [-0.2, 0) is 11.2 Å². The fraction of sp³-hybridized carbons (Fsp3) is 0.263. The van der Waals surface area contributed by atoms with Crippen molar-refractivity contribution in [3.05, 3.63) is 69.8 Å². The topological polar surface area (TPSA) is 122 Å². The molecule has 2 rings (SSSR count). The normalized spacial score (nSPS) is 11.4. The summed E-state index contributed by atoms with van der Waals surface area (Å²) in [6.07, 6.45) is 0.728. The molecule has 0 spiro atoms. The van der Waals surface area contributed by atoms with Crippen molar-refractivity contribution in [2.75, 3.05) is 5.32 Å². The number of aryl methyl sites for hydroxylation is 1. The minimum absolute atomic E-state index is 0.0538. The molecular formula is C19H21N3O5. The van der Waals surface area contributed by atoms with Crippen LogP contribution in [0.4, 0.5) is 16.2 Å². The van der Waals surface area contributed by atoms with Crippen molar-refractivity contribution in [2.45, 2.75) is 32.2 Å². The second kappa shape index (κ2) is 9.33. The number of urea groups is 1. The molecule has 142 valence electrons. The molecule has 0 saturated heterocycles.